The van der Waals surface area contributed by atoms with E-state index >= 15 is 0 Å². The highest BCUT2D eigenvalue weighted by Gasteiger charge is 2.30. The van der Waals surface area contributed by atoms with Crippen molar-refractivity contribution in [3.8, 4) is 6.07 Å². The van der Waals surface area contributed by atoms with Crippen molar-refractivity contribution in [3.05, 3.63) is 0 Å². The highest BCUT2D eigenvalue weighted by molar-refractivity contribution is 5.72. The van der Waals surface area contributed by atoms with Crippen molar-refractivity contribution in [2.24, 2.45) is 11.1 Å². The first kappa shape index (κ1) is 8.85. The number of primary amides is 1. The van der Waals surface area contributed by atoms with E-state index in [1.54, 1.807) is 4.90 Å². The van der Waals surface area contributed by atoms with Gasteiger partial charge in [-0.1, -0.05) is 0 Å². The van der Waals surface area contributed by atoms with Gasteiger partial charge in [-0.05, 0) is 19.8 Å². The number of carbonyl (C=O) groups excluding carboxylic acids is 1. The summed E-state index contributed by atoms with van der Waals surface area (Å²) in [6.45, 7) is 3.14. The molecule has 0 atom stereocenters. The van der Waals surface area contributed by atoms with Crippen molar-refractivity contribution in [1.29, 1.82) is 5.26 Å². The number of hydrogen-bond donors (Lipinski definition) is 1. The van der Waals surface area contributed by atoms with E-state index in [-0.39, 0.29) is 11.4 Å². The second-order valence-corrected chi connectivity index (χ2v) is 3.50. The fourth-order valence-corrected chi connectivity index (χ4v) is 1.33. The number of nitriles is 1. The lowest BCUT2D eigenvalue weighted by Gasteiger charge is -2.33. The number of nitrogens with zero attached hydrogens (tertiary/aromatic N) is 2. The molecule has 1 fully saturated rings. The molecule has 0 aliphatic carbocycles. The van der Waals surface area contributed by atoms with Gasteiger partial charge in [-0.2, -0.15) is 5.26 Å². The number of rotatable bonds is 0. The van der Waals surface area contributed by atoms with Gasteiger partial charge in [-0.25, -0.2) is 4.79 Å². The first-order valence-corrected chi connectivity index (χ1v) is 4.03. The molecule has 0 bridgehead atoms. The first-order chi connectivity index (χ1) is 5.57. The van der Waals surface area contributed by atoms with E-state index in [1.807, 2.05) is 6.92 Å². The first-order valence-electron chi connectivity index (χ1n) is 4.03. The van der Waals surface area contributed by atoms with Gasteiger partial charge in [0.25, 0.3) is 0 Å². The Balaban J connectivity index is 2.51. The predicted molar refractivity (Wildman–Crippen MR) is 44.1 cm³/mol. The number of likely N-dealkylation sites (tertiary alicyclic amines) is 1. The zero-order valence-corrected chi connectivity index (χ0v) is 7.21. The van der Waals surface area contributed by atoms with Crippen LogP contribution in [0.1, 0.15) is 19.8 Å². The van der Waals surface area contributed by atoms with E-state index in [0.29, 0.717) is 13.1 Å². The Kier molecular flexibility index (Phi) is 2.22. The Morgan fingerprint density at radius 2 is 2.08 bits per heavy atom. The summed E-state index contributed by atoms with van der Waals surface area (Å²) in [5.74, 6) is 0. The summed E-state index contributed by atoms with van der Waals surface area (Å²) in [6.07, 6.45) is 1.46. The van der Waals surface area contributed by atoms with E-state index in [9.17, 15) is 4.79 Å². The van der Waals surface area contributed by atoms with Gasteiger partial charge in [0.05, 0.1) is 11.5 Å². The second-order valence-electron chi connectivity index (χ2n) is 3.50. The number of amides is 2. The summed E-state index contributed by atoms with van der Waals surface area (Å²) in [7, 11) is 0. The normalized spacial score (nSPS) is 21.5. The van der Waals surface area contributed by atoms with Gasteiger partial charge in [0.1, 0.15) is 0 Å². The molecule has 4 heteroatoms. The number of urea groups is 1. The van der Waals surface area contributed by atoms with Crippen LogP contribution in [0.4, 0.5) is 4.79 Å². The third-order valence-electron chi connectivity index (χ3n) is 2.45. The summed E-state index contributed by atoms with van der Waals surface area (Å²) >= 11 is 0. The monoisotopic (exact) mass is 167 g/mol. The Labute approximate surface area is 71.9 Å². The topological polar surface area (TPSA) is 70.1 Å². The van der Waals surface area contributed by atoms with Crippen molar-refractivity contribution in [1.82, 2.24) is 4.90 Å². The van der Waals surface area contributed by atoms with Gasteiger partial charge >= 0.3 is 6.03 Å². The zero-order valence-electron chi connectivity index (χ0n) is 7.21. The molecule has 1 aliphatic rings. The van der Waals surface area contributed by atoms with Crippen molar-refractivity contribution in [2.75, 3.05) is 13.1 Å². The molecule has 1 rings (SSSR count). The Morgan fingerprint density at radius 1 is 1.58 bits per heavy atom. The zero-order chi connectivity index (χ0) is 9.19. The van der Waals surface area contributed by atoms with Crippen molar-refractivity contribution < 1.29 is 4.79 Å². The van der Waals surface area contributed by atoms with Gasteiger partial charge in [-0.15, -0.1) is 0 Å². The third-order valence-corrected chi connectivity index (χ3v) is 2.45. The van der Waals surface area contributed by atoms with Gasteiger partial charge in [0, 0.05) is 13.1 Å². The Morgan fingerprint density at radius 3 is 2.42 bits per heavy atom. The van der Waals surface area contributed by atoms with E-state index in [2.05, 4.69) is 6.07 Å². The minimum atomic E-state index is -0.380. The highest BCUT2D eigenvalue weighted by Crippen LogP contribution is 2.29. The maximum absolute atomic E-state index is 10.7. The smallest absolute Gasteiger partial charge is 0.314 e. The molecule has 1 heterocycles. The highest BCUT2D eigenvalue weighted by atomic mass is 16.2. The molecule has 66 valence electrons. The van der Waals surface area contributed by atoms with Crippen molar-refractivity contribution >= 4 is 6.03 Å². The molecule has 2 N–H and O–H groups in total. The molecule has 0 saturated carbocycles. The molecule has 0 aromatic carbocycles. The van der Waals surface area contributed by atoms with Gasteiger partial charge in [0.15, 0.2) is 0 Å². The fraction of sp³-hybridized carbons (Fsp3) is 0.750. The summed E-state index contributed by atoms with van der Waals surface area (Å²) in [5, 5.41) is 8.79. The molecule has 0 unspecified atom stereocenters. The Bertz CT molecular complexity index is 223. The van der Waals surface area contributed by atoms with Crippen LogP contribution in [0.25, 0.3) is 0 Å². The molecule has 1 aliphatic heterocycles. The standard InChI is InChI=1S/C8H13N3O/c1-8(6-9)2-4-11(5-3-8)7(10)12/h2-5H2,1H3,(H2,10,12). The van der Waals surface area contributed by atoms with Crippen LogP contribution in [-0.4, -0.2) is 24.0 Å². The quantitative estimate of drug-likeness (QED) is 0.576. The molecule has 0 radical (unpaired) electrons. The van der Waals surface area contributed by atoms with Crippen LogP contribution in [0.15, 0.2) is 0 Å². The SMILES string of the molecule is CC1(C#N)CCN(C(N)=O)CC1. The van der Waals surface area contributed by atoms with Crippen LogP contribution >= 0.6 is 0 Å². The molecule has 0 aromatic rings. The average molecular weight is 167 g/mol. The predicted octanol–water partition coefficient (Wildman–Crippen LogP) is 0.691. The van der Waals surface area contributed by atoms with E-state index < -0.39 is 0 Å². The molecule has 0 spiro atoms. The minimum absolute atomic E-state index is 0.258. The molecular weight excluding hydrogens is 154 g/mol. The van der Waals surface area contributed by atoms with E-state index in [1.165, 1.54) is 0 Å². The maximum Gasteiger partial charge on any atom is 0.314 e. The van der Waals surface area contributed by atoms with Crippen LogP contribution in [0.5, 0.6) is 0 Å². The van der Waals surface area contributed by atoms with Crippen LogP contribution in [0, 0.1) is 16.7 Å². The van der Waals surface area contributed by atoms with E-state index in [4.69, 9.17) is 11.0 Å². The average Bonchev–Trinajstić information content (AvgIpc) is 2.05. The third kappa shape index (κ3) is 1.67. The van der Waals surface area contributed by atoms with Crippen LogP contribution < -0.4 is 5.73 Å². The van der Waals surface area contributed by atoms with Gasteiger partial charge in [0.2, 0.25) is 0 Å². The lowest BCUT2D eigenvalue weighted by molar-refractivity contribution is 0.163. The Hall–Kier alpha value is -1.24. The summed E-state index contributed by atoms with van der Waals surface area (Å²) < 4.78 is 0. The fourth-order valence-electron chi connectivity index (χ4n) is 1.33. The molecule has 4 nitrogen and oxygen atoms in total. The summed E-state index contributed by atoms with van der Waals surface area (Å²) in [6, 6.07) is 1.88. The number of carbonyl (C=O) groups is 1. The van der Waals surface area contributed by atoms with Gasteiger partial charge in [-0.3, -0.25) is 0 Å². The molecule has 2 amide bonds. The number of nitrogens with two attached hydrogens (primary N) is 1. The summed E-state index contributed by atoms with van der Waals surface area (Å²) in [4.78, 5) is 12.3. The lowest BCUT2D eigenvalue weighted by Crippen LogP contribution is -2.44. The van der Waals surface area contributed by atoms with Crippen LogP contribution in [0.2, 0.25) is 0 Å². The largest absolute Gasteiger partial charge is 0.351 e. The van der Waals surface area contributed by atoms with E-state index in [0.717, 1.165) is 12.8 Å². The number of piperidine rings is 1. The molecule has 0 aromatic heterocycles. The van der Waals surface area contributed by atoms with Gasteiger partial charge < -0.3 is 10.6 Å². The second kappa shape index (κ2) is 3.02. The molecule has 12 heavy (non-hydrogen) atoms. The van der Waals surface area contributed by atoms with Crippen LogP contribution in [-0.2, 0) is 0 Å². The van der Waals surface area contributed by atoms with Crippen molar-refractivity contribution in [2.45, 2.75) is 19.8 Å². The van der Waals surface area contributed by atoms with Crippen molar-refractivity contribution in [3.63, 3.8) is 0 Å². The maximum atomic E-state index is 10.7. The molecular formula is C8H13N3O. The summed E-state index contributed by atoms with van der Waals surface area (Å²) in [5.41, 5.74) is 4.84. The number of hydrogen-bond acceptors (Lipinski definition) is 2. The minimum Gasteiger partial charge on any atom is -0.351 e. The molecule has 1 saturated heterocycles. The van der Waals surface area contributed by atoms with Crippen LogP contribution in [0.3, 0.4) is 0 Å². The lowest BCUT2D eigenvalue weighted by atomic mass is 9.82.